The fraction of sp³-hybridized carbons (Fsp3) is 1.00. The molecule has 0 saturated carbocycles. The molecule has 0 radical (unpaired) electrons. The lowest BCUT2D eigenvalue weighted by Crippen LogP contribution is -2.46. The highest BCUT2D eigenvalue weighted by Crippen LogP contribution is 2.21. The first-order valence-electron chi connectivity index (χ1n) is 6.45. The van der Waals surface area contributed by atoms with Gasteiger partial charge < -0.3 is 0 Å². The molecule has 0 N–H and O–H groups in total. The molecule has 1 saturated heterocycles. The van der Waals surface area contributed by atoms with Gasteiger partial charge in [-0.2, -0.15) is 0 Å². The Morgan fingerprint density at radius 1 is 1.00 bits per heavy atom. The van der Waals surface area contributed by atoms with Crippen LogP contribution in [0.1, 0.15) is 48.0 Å². The maximum atomic E-state index is 2.67. The summed E-state index contributed by atoms with van der Waals surface area (Å²) in [7, 11) is 0. The molecule has 1 aliphatic rings. The molecule has 1 unspecified atom stereocenters. The summed E-state index contributed by atoms with van der Waals surface area (Å²) in [5.41, 5.74) is 0. The zero-order valence-electron chi connectivity index (χ0n) is 11.3. The monoisotopic (exact) mass is 212 g/mol. The van der Waals surface area contributed by atoms with E-state index in [2.05, 4.69) is 51.3 Å². The van der Waals surface area contributed by atoms with E-state index in [-0.39, 0.29) is 0 Å². The molecule has 90 valence electrons. The Morgan fingerprint density at radius 3 is 1.87 bits per heavy atom. The lowest BCUT2D eigenvalue weighted by atomic mass is 10.1. The van der Waals surface area contributed by atoms with Gasteiger partial charge in [-0.25, -0.2) is 0 Å². The molecule has 1 aliphatic heterocycles. The molecule has 15 heavy (non-hydrogen) atoms. The minimum absolute atomic E-state index is 0.669. The Bertz CT molecular complexity index is 179. The number of hydrogen-bond acceptors (Lipinski definition) is 2. The Hall–Kier alpha value is -0.0800. The molecule has 0 bridgehead atoms. The van der Waals surface area contributed by atoms with Crippen LogP contribution in [0.2, 0.25) is 0 Å². The van der Waals surface area contributed by atoms with Crippen LogP contribution < -0.4 is 0 Å². The van der Waals surface area contributed by atoms with Crippen molar-refractivity contribution < 1.29 is 0 Å². The number of likely N-dealkylation sites (tertiary alicyclic amines) is 1. The maximum absolute atomic E-state index is 2.67. The Kier molecular flexibility index (Phi) is 4.60. The summed E-state index contributed by atoms with van der Waals surface area (Å²) >= 11 is 0. The smallest absolute Gasteiger partial charge is 0.0240 e. The summed E-state index contributed by atoms with van der Waals surface area (Å²) in [6, 6.07) is 2.81. The predicted molar refractivity (Wildman–Crippen MR) is 67.2 cm³/mol. The molecular formula is C13H28N2. The molecule has 0 aromatic heterocycles. The van der Waals surface area contributed by atoms with Crippen molar-refractivity contribution in [1.82, 2.24) is 9.80 Å². The van der Waals surface area contributed by atoms with Crippen molar-refractivity contribution in [3.63, 3.8) is 0 Å². The molecule has 0 aromatic rings. The second-order valence-corrected chi connectivity index (χ2v) is 5.67. The highest BCUT2D eigenvalue weighted by atomic mass is 15.3. The van der Waals surface area contributed by atoms with Gasteiger partial charge in [-0.05, 0) is 48.0 Å². The minimum Gasteiger partial charge on any atom is -0.299 e. The molecule has 1 atom stereocenters. The van der Waals surface area contributed by atoms with Gasteiger partial charge in [0.2, 0.25) is 0 Å². The minimum atomic E-state index is 0.669. The molecule has 1 heterocycles. The summed E-state index contributed by atoms with van der Waals surface area (Å²) < 4.78 is 0. The summed E-state index contributed by atoms with van der Waals surface area (Å²) in [6.45, 7) is 16.4. The van der Waals surface area contributed by atoms with Gasteiger partial charge in [0.15, 0.2) is 0 Å². The highest BCUT2D eigenvalue weighted by molar-refractivity contribution is 4.87. The molecule has 0 aromatic carbocycles. The van der Waals surface area contributed by atoms with Crippen LogP contribution in [-0.2, 0) is 0 Å². The summed E-state index contributed by atoms with van der Waals surface area (Å²) in [4.78, 5) is 5.27. The van der Waals surface area contributed by atoms with Crippen molar-refractivity contribution in [3.05, 3.63) is 0 Å². The number of nitrogens with zero attached hydrogens (tertiary/aromatic N) is 2. The molecule has 1 fully saturated rings. The zero-order chi connectivity index (χ0) is 11.6. The van der Waals surface area contributed by atoms with E-state index < -0.39 is 0 Å². The van der Waals surface area contributed by atoms with Crippen molar-refractivity contribution in [3.8, 4) is 0 Å². The lowest BCUT2D eigenvalue weighted by Gasteiger charge is -2.36. The van der Waals surface area contributed by atoms with E-state index in [1.165, 1.54) is 19.5 Å². The molecular weight excluding hydrogens is 184 g/mol. The first-order chi connectivity index (χ1) is 6.93. The van der Waals surface area contributed by atoms with E-state index in [1.54, 1.807) is 0 Å². The molecule has 0 spiro atoms. The number of rotatable bonds is 4. The van der Waals surface area contributed by atoms with Gasteiger partial charge >= 0.3 is 0 Å². The standard InChI is InChI=1S/C13H28N2/c1-10(2)14-8-7-13(9-14)15(11(3)4)12(5)6/h10-13H,7-9H2,1-6H3. The number of hydrogen-bond donors (Lipinski definition) is 0. The average molecular weight is 212 g/mol. The van der Waals surface area contributed by atoms with Crippen LogP contribution in [0.3, 0.4) is 0 Å². The first-order valence-corrected chi connectivity index (χ1v) is 6.45. The van der Waals surface area contributed by atoms with Crippen LogP contribution in [0.15, 0.2) is 0 Å². The Labute approximate surface area is 95.6 Å². The topological polar surface area (TPSA) is 6.48 Å². The lowest BCUT2D eigenvalue weighted by molar-refractivity contribution is 0.111. The normalized spacial score (nSPS) is 24.0. The third kappa shape index (κ3) is 3.18. The highest BCUT2D eigenvalue weighted by Gasteiger charge is 2.31. The molecule has 0 aliphatic carbocycles. The molecule has 1 rings (SSSR count). The van der Waals surface area contributed by atoms with Crippen molar-refractivity contribution in [2.45, 2.75) is 72.1 Å². The largest absolute Gasteiger partial charge is 0.299 e. The van der Waals surface area contributed by atoms with E-state index in [1.807, 2.05) is 0 Å². The SMILES string of the molecule is CC(C)N1CCC(N(C(C)C)C(C)C)C1. The molecule has 2 nitrogen and oxygen atoms in total. The van der Waals surface area contributed by atoms with Crippen molar-refractivity contribution >= 4 is 0 Å². The van der Waals surface area contributed by atoms with E-state index in [0.717, 1.165) is 6.04 Å². The van der Waals surface area contributed by atoms with Crippen molar-refractivity contribution in [2.75, 3.05) is 13.1 Å². The third-order valence-electron chi connectivity index (χ3n) is 3.54. The van der Waals surface area contributed by atoms with Crippen LogP contribution in [0.25, 0.3) is 0 Å². The third-order valence-corrected chi connectivity index (χ3v) is 3.54. The summed E-state index contributed by atoms with van der Waals surface area (Å²) in [5.74, 6) is 0. The Morgan fingerprint density at radius 2 is 1.53 bits per heavy atom. The fourth-order valence-corrected chi connectivity index (χ4v) is 2.92. The second kappa shape index (κ2) is 5.31. The van der Waals surface area contributed by atoms with Crippen LogP contribution in [0.5, 0.6) is 0 Å². The van der Waals surface area contributed by atoms with Crippen LogP contribution in [0, 0.1) is 0 Å². The second-order valence-electron chi connectivity index (χ2n) is 5.67. The van der Waals surface area contributed by atoms with Gasteiger partial charge in [-0.15, -0.1) is 0 Å². The predicted octanol–water partition coefficient (Wildman–Crippen LogP) is 2.59. The zero-order valence-corrected chi connectivity index (χ0v) is 11.3. The van der Waals surface area contributed by atoms with Crippen LogP contribution >= 0.6 is 0 Å². The van der Waals surface area contributed by atoms with Gasteiger partial charge in [0, 0.05) is 37.3 Å². The fourth-order valence-electron chi connectivity index (χ4n) is 2.92. The van der Waals surface area contributed by atoms with E-state index in [0.29, 0.717) is 18.1 Å². The summed E-state index contributed by atoms with van der Waals surface area (Å²) in [5, 5.41) is 0. The average Bonchev–Trinajstić information content (AvgIpc) is 2.51. The van der Waals surface area contributed by atoms with Gasteiger partial charge in [-0.3, -0.25) is 9.80 Å². The van der Waals surface area contributed by atoms with Gasteiger partial charge in [0.25, 0.3) is 0 Å². The Balaban J connectivity index is 2.57. The molecule has 2 heteroatoms. The first kappa shape index (κ1) is 13.0. The summed E-state index contributed by atoms with van der Waals surface area (Å²) in [6.07, 6.45) is 1.34. The van der Waals surface area contributed by atoms with Crippen molar-refractivity contribution in [1.29, 1.82) is 0 Å². The van der Waals surface area contributed by atoms with Crippen molar-refractivity contribution in [2.24, 2.45) is 0 Å². The molecule has 0 amide bonds. The van der Waals surface area contributed by atoms with Gasteiger partial charge in [0.1, 0.15) is 0 Å². The van der Waals surface area contributed by atoms with E-state index in [4.69, 9.17) is 0 Å². The quantitative estimate of drug-likeness (QED) is 0.707. The van der Waals surface area contributed by atoms with Crippen LogP contribution in [-0.4, -0.2) is 47.1 Å². The maximum Gasteiger partial charge on any atom is 0.0240 e. The van der Waals surface area contributed by atoms with Gasteiger partial charge in [0.05, 0.1) is 0 Å². The van der Waals surface area contributed by atoms with E-state index in [9.17, 15) is 0 Å². The van der Waals surface area contributed by atoms with Gasteiger partial charge in [-0.1, -0.05) is 0 Å². The van der Waals surface area contributed by atoms with E-state index >= 15 is 0 Å². The van der Waals surface area contributed by atoms with Crippen LogP contribution in [0.4, 0.5) is 0 Å².